The Hall–Kier alpha value is -0.163. The van der Waals surface area contributed by atoms with E-state index >= 15 is 0 Å². The summed E-state index contributed by atoms with van der Waals surface area (Å²) in [5.74, 6) is 0. The minimum absolute atomic E-state index is 0. The summed E-state index contributed by atoms with van der Waals surface area (Å²) in [6.07, 6.45) is 7.47. The molecule has 8 heavy (non-hydrogen) atoms. The summed E-state index contributed by atoms with van der Waals surface area (Å²) in [7, 11) is 0. The fourth-order valence-corrected chi connectivity index (χ4v) is 0.346. The zero-order valence-electron chi connectivity index (χ0n) is 3.92. The minimum atomic E-state index is 0. The van der Waals surface area contributed by atoms with Crippen LogP contribution in [0, 0.1) is 0 Å². The van der Waals surface area contributed by atoms with Gasteiger partial charge in [0.05, 0.1) is 6.26 Å². The van der Waals surface area contributed by atoms with Gasteiger partial charge in [0.1, 0.15) is 6.61 Å². The predicted octanol–water partition coefficient (Wildman–Crippen LogP) is -0.387. The van der Waals surface area contributed by atoms with Crippen LogP contribution in [-0.4, -0.2) is 30.9 Å². The molecule has 1 heterocycles. The molecule has 2 N–H and O–H groups in total. The SMILES string of the molecule is C1=CCOC=C1.O.[LiH]. The summed E-state index contributed by atoms with van der Waals surface area (Å²) < 4.78 is 4.80. The Balaban J connectivity index is 0. The summed E-state index contributed by atoms with van der Waals surface area (Å²) in [4.78, 5) is 0. The van der Waals surface area contributed by atoms with Gasteiger partial charge in [-0.05, 0) is 12.2 Å². The van der Waals surface area contributed by atoms with Crippen LogP contribution >= 0.6 is 0 Å². The molecule has 0 amide bonds. The summed E-state index contributed by atoms with van der Waals surface area (Å²) in [5, 5.41) is 0. The van der Waals surface area contributed by atoms with Crippen molar-refractivity contribution in [2.45, 2.75) is 0 Å². The molecule has 0 fully saturated rings. The summed E-state index contributed by atoms with van der Waals surface area (Å²) in [6, 6.07) is 0. The van der Waals surface area contributed by atoms with E-state index in [2.05, 4.69) is 0 Å². The molecule has 2 nitrogen and oxygen atoms in total. The Labute approximate surface area is 60.7 Å². The van der Waals surface area contributed by atoms with E-state index in [4.69, 9.17) is 4.74 Å². The zero-order chi connectivity index (χ0) is 4.24. The van der Waals surface area contributed by atoms with Crippen LogP contribution in [0.2, 0.25) is 0 Å². The van der Waals surface area contributed by atoms with Crippen LogP contribution in [0.1, 0.15) is 0 Å². The Bertz CT molecular complexity index is 76.4. The summed E-state index contributed by atoms with van der Waals surface area (Å²) >= 11 is 0. The molecule has 0 unspecified atom stereocenters. The molecular formula is C5H9LiO2. The van der Waals surface area contributed by atoms with E-state index in [1.807, 2.05) is 18.2 Å². The summed E-state index contributed by atoms with van der Waals surface area (Å²) in [5.41, 5.74) is 0. The van der Waals surface area contributed by atoms with Gasteiger partial charge in [0.2, 0.25) is 0 Å². The molecule has 0 saturated heterocycles. The maximum absolute atomic E-state index is 4.80. The van der Waals surface area contributed by atoms with Gasteiger partial charge in [-0.15, -0.1) is 0 Å². The molecule has 0 bridgehead atoms. The van der Waals surface area contributed by atoms with Gasteiger partial charge in [0, 0.05) is 0 Å². The van der Waals surface area contributed by atoms with Gasteiger partial charge in [-0.1, -0.05) is 6.08 Å². The van der Waals surface area contributed by atoms with Crippen molar-refractivity contribution in [3.8, 4) is 0 Å². The topological polar surface area (TPSA) is 40.7 Å². The average Bonchev–Trinajstić information content (AvgIpc) is 1.72. The van der Waals surface area contributed by atoms with Crippen LogP contribution in [0.5, 0.6) is 0 Å². The number of rotatable bonds is 0. The quantitative estimate of drug-likeness (QED) is 0.390. The molecule has 3 heteroatoms. The van der Waals surface area contributed by atoms with Crippen LogP contribution in [0.25, 0.3) is 0 Å². The van der Waals surface area contributed by atoms with Gasteiger partial charge in [-0.25, -0.2) is 0 Å². The van der Waals surface area contributed by atoms with E-state index in [0.717, 1.165) is 6.61 Å². The molecule has 0 aliphatic carbocycles. The van der Waals surface area contributed by atoms with Gasteiger partial charge in [-0.3, -0.25) is 0 Å². The van der Waals surface area contributed by atoms with Crippen molar-refractivity contribution in [3.63, 3.8) is 0 Å². The fourth-order valence-electron chi connectivity index (χ4n) is 0.346. The molecule has 0 aromatic carbocycles. The Morgan fingerprint density at radius 2 is 2.00 bits per heavy atom. The van der Waals surface area contributed by atoms with Crippen molar-refractivity contribution in [2.75, 3.05) is 6.61 Å². The first-order chi connectivity index (χ1) is 3.00. The van der Waals surface area contributed by atoms with E-state index in [1.165, 1.54) is 0 Å². The van der Waals surface area contributed by atoms with Gasteiger partial charge in [0.25, 0.3) is 0 Å². The summed E-state index contributed by atoms with van der Waals surface area (Å²) in [6.45, 7) is 0.733. The van der Waals surface area contributed by atoms with Gasteiger partial charge in [0.15, 0.2) is 0 Å². The normalized spacial score (nSPS) is 13.0. The molecule has 0 saturated carbocycles. The molecular weight excluding hydrogens is 99.0 g/mol. The number of ether oxygens (including phenoxy) is 1. The first kappa shape index (κ1) is 10.8. The second-order valence-corrected chi connectivity index (χ2v) is 1.09. The molecule has 1 aliphatic rings. The second kappa shape index (κ2) is 6.84. The van der Waals surface area contributed by atoms with Gasteiger partial charge >= 0.3 is 18.9 Å². The van der Waals surface area contributed by atoms with Crippen LogP contribution in [0.3, 0.4) is 0 Å². The van der Waals surface area contributed by atoms with Crippen molar-refractivity contribution >= 4 is 18.9 Å². The maximum atomic E-state index is 4.80. The van der Waals surface area contributed by atoms with Crippen molar-refractivity contribution in [1.82, 2.24) is 0 Å². The van der Waals surface area contributed by atoms with Crippen LogP contribution in [0.15, 0.2) is 24.5 Å². The van der Waals surface area contributed by atoms with Crippen molar-refractivity contribution in [2.24, 2.45) is 0 Å². The van der Waals surface area contributed by atoms with E-state index in [1.54, 1.807) is 6.26 Å². The fraction of sp³-hybridized carbons (Fsp3) is 0.200. The van der Waals surface area contributed by atoms with E-state index in [-0.39, 0.29) is 24.3 Å². The standard InChI is InChI=1S/C5H6O.Li.H2O.H/c1-2-4-6-5-3-1;;;/h1-4H,5H2;;1H2;. The molecule has 1 rings (SSSR count). The molecule has 0 atom stereocenters. The van der Waals surface area contributed by atoms with Crippen molar-refractivity contribution in [3.05, 3.63) is 24.5 Å². The molecule has 0 radical (unpaired) electrons. The van der Waals surface area contributed by atoms with Crippen LogP contribution in [-0.2, 0) is 4.74 Å². The van der Waals surface area contributed by atoms with E-state index in [9.17, 15) is 0 Å². The zero-order valence-corrected chi connectivity index (χ0v) is 3.92. The molecule has 1 aliphatic heterocycles. The van der Waals surface area contributed by atoms with E-state index in [0.29, 0.717) is 0 Å². The second-order valence-electron chi connectivity index (χ2n) is 1.09. The third kappa shape index (κ3) is 4.01. The predicted molar refractivity (Wildman–Crippen MR) is 35.0 cm³/mol. The molecule has 42 valence electrons. The van der Waals surface area contributed by atoms with Crippen LogP contribution < -0.4 is 0 Å². The first-order valence-electron chi connectivity index (χ1n) is 1.93. The molecule has 0 spiro atoms. The number of hydrogen-bond acceptors (Lipinski definition) is 1. The van der Waals surface area contributed by atoms with Gasteiger partial charge in [-0.2, -0.15) is 0 Å². The average molecular weight is 108 g/mol. The Morgan fingerprint density at radius 3 is 2.12 bits per heavy atom. The van der Waals surface area contributed by atoms with Crippen LogP contribution in [0.4, 0.5) is 0 Å². The third-order valence-corrected chi connectivity index (χ3v) is 0.614. The third-order valence-electron chi connectivity index (χ3n) is 0.614. The Kier molecular flexibility index (Phi) is 9.19. The van der Waals surface area contributed by atoms with Gasteiger partial charge < -0.3 is 10.2 Å². The molecule has 0 aromatic heterocycles. The number of allylic oxidation sites excluding steroid dienone is 2. The molecule has 0 aromatic rings. The van der Waals surface area contributed by atoms with Crippen molar-refractivity contribution < 1.29 is 10.2 Å². The van der Waals surface area contributed by atoms with Crippen molar-refractivity contribution in [1.29, 1.82) is 0 Å². The monoisotopic (exact) mass is 108 g/mol. The first-order valence-corrected chi connectivity index (χ1v) is 1.93. The Morgan fingerprint density at radius 1 is 1.25 bits per heavy atom. The number of hydrogen-bond donors (Lipinski definition) is 0. The van der Waals surface area contributed by atoms with E-state index < -0.39 is 0 Å².